The van der Waals surface area contributed by atoms with E-state index in [1.165, 1.54) is 44.9 Å². The van der Waals surface area contributed by atoms with E-state index < -0.39 is 0 Å². The van der Waals surface area contributed by atoms with E-state index in [4.69, 9.17) is 0 Å². The van der Waals surface area contributed by atoms with E-state index in [2.05, 4.69) is 41.5 Å². The molecule has 4 aliphatic rings. The lowest BCUT2D eigenvalue weighted by atomic mass is 9.44. The molecule has 0 spiro atoms. The highest BCUT2D eigenvalue weighted by Crippen LogP contribution is 2.67. The van der Waals surface area contributed by atoms with Crippen LogP contribution in [-0.4, -0.2) is 11.6 Å². The average molecular weight is 429 g/mol. The van der Waals surface area contributed by atoms with Crippen LogP contribution >= 0.6 is 0 Å². The number of rotatable bonds is 6. The number of carbonyl (C=O) groups excluding carboxylic acids is 2. The third-order valence-corrected chi connectivity index (χ3v) is 11.5. The molecule has 0 aromatic heterocycles. The minimum Gasteiger partial charge on any atom is -0.300 e. The number of ketones is 2. The van der Waals surface area contributed by atoms with Gasteiger partial charge >= 0.3 is 0 Å². The summed E-state index contributed by atoms with van der Waals surface area (Å²) in [6.07, 6.45) is 12.4. The first kappa shape index (κ1) is 23.5. The van der Waals surface area contributed by atoms with Crippen molar-refractivity contribution in [2.45, 2.75) is 112 Å². The molecule has 4 rings (SSSR count). The summed E-state index contributed by atoms with van der Waals surface area (Å²) < 4.78 is 0. The monoisotopic (exact) mass is 428 g/mol. The summed E-state index contributed by atoms with van der Waals surface area (Å²) in [6, 6.07) is 0. The van der Waals surface area contributed by atoms with Gasteiger partial charge in [0.15, 0.2) is 0 Å². The van der Waals surface area contributed by atoms with Gasteiger partial charge in [-0.05, 0) is 90.8 Å². The van der Waals surface area contributed by atoms with E-state index in [0.717, 1.165) is 42.4 Å². The normalized spacial score (nSPS) is 44.5. The van der Waals surface area contributed by atoms with E-state index >= 15 is 0 Å². The van der Waals surface area contributed by atoms with Crippen LogP contribution in [0.25, 0.3) is 0 Å². The fourth-order valence-electron chi connectivity index (χ4n) is 9.50. The van der Waals surface area contributed by atoms with Crippen LogP contribution in [0.5, 0.6) is 0 Å². The molecule has 0 aliphatic heterocycles. The highest BCUT2D eigenvalue weighted by atomic mass is 16.1. The van der Waals surface area contributed by atoms with E-state index in [-0.39, 0.29) is 11.3 Å². The molecule has 2 heteroatoms. The molecule has 0 aromatic carbocycles. The Balaban J connectivity index is 1.49. The minimum absolute atomic E-state index is 0.0255. The quantitative estimate of drug-likeness (QED) is 0.439. The van der Waals surface area contributed by atoms with Gasteiger partial charge in [-0.15, -0.1) is 0 Å². The second kappa shape index (κ2) is 8.60. The molecule has 0 bridgehead atoms. The maximum absolute atomic E-state index is 13.3. The van der Waals surface area contributed by atoms with Crippen molar-refractivity contribution in [3.05, 3.63) is 0 Å². The van der Waals surface area contributed by atoms with Crippen LogP contribution in [0.1, 0.15) is 112 Å². The molecule has 0 amide bonds. The number of carbonyl (C=O) groups is 2. The smallest absolute Gasteiger partial charge is 0.137 e. The van der Waals surface area contributed by atoms with Crippen LogP contribution in [0.4, 0.5) is 0 Å². The molecule has 0 saturated heterocycles. The van der Waals surface area contributed by atoms with Crippen LogP contribution in [-0.2, 0) is 9.59 Å². The first-order chi connectivity index (χ1) is 14.6. The van der Waals surface area contributed by atoms with Gasteiger partial charge in [0.25, 0.3) is 0 Å². The van der Waals surface area contributed by atoms with Crippen molar-refractivity contribution in [1.29, 1.82) is 0 Å². The number of Topliss-reactive ketones (excluding diaryl/α,β-unsaturated/α-hetero) is 2. The van der Waals surface area contributed by atoms with Gasteiger partial charge in [-0.2, -0.15) is 0 Å². The topological polar surface area (TPSA) is 34.1 Å². The maximum Gasteiger partial charge on any atom is 0.137 e. The van der Waals surface area contributed by atoms with Gasteiger partial charge in [0, 0.05) is 25.2 Å². The van der Waals surface area contributed by atoms with Gasteiger partial charge in [-0.3, -0.25) is 9.59 Å². The molecule has 4 aliphatic carbocycles. The molecule has 4 fully saturated rings. The van der Waals surface area contributed by atoms with Gasteiger partial charge in [-0.25, -0.2) is 0 Å². The van der Waals surface area contributed by atoms with E-state index in [1.54, 1.807) is 0 Å². The van der Waals surface area contributed by atoms with Crippen molar-refractivity contribution in [3.8, 4) is 0 Å². The molecule has 2 nitrogen and oxygen atoms in total. The molecular formula is C29H48O2. The highest BCUT2D eigenvalue weighted by molar-refractivity contribution is 5.90. The van der Waals surface area contributed by atoms with Gasteiger partial charge in [0.05, 0.1) is 0 Å². The van der Waals surface area contributed by atoms with Crippen LogP contribution in [0.3, 0.4) is 0 Å². The highest BCUT2D eigenvalue weighted by Gasteiger charge is 2.62. The Kier molecular flexibility index (Phi) is 6.52. The standard InChI is InChI=1S/C29H48O2/c1-7-20(18(2)3)9-8-19(4)23-10-11-24-22-17-27(31)26-16-21(30)12-14-29(26,6)25(22)13-15-28(23,24)5/h18-20,22-26H,7-17H2,1-6H3/t19-,20-,22?,23-,24?,25?,26-,28-,29-/m1/s1. The Hall–Kier alpha value is -0.660. The predicted octanol–water partition coefficient (Wildman–Crippen LogP) is 7.49. The summed E-state index contributed by atoms with van der Waals surface area (Å²) in [7, 11) is 0. The van der Waals surface area contributed by atoms with E-state index in [0.29, 0.717) is 41.7 Å². The Morgan fingerprint density at radius 1 is 0.903 bits per heavy atom. The van der Waals surface area contributed by atoms with Gasteiger partial charge in [0.1, 0.15) is 11.6 Å². The SMILES string of the molecule is CC[C@H](CC[C@@H](C)[C@H]1CCC2C3CC(=O)[C@H]4CC(=O)CC[C@]4(C)C3CC[C@@]21C)C(C)C. The zero-order valence-electron chi connectivity index (χ0n) is 21.2. The Bertz CT molecular complexity index is 695. The Morgan fingerprint density at radius 3 is 2.29 bits per heavy atom. The predicted molar refractivity (Wildman–Crippen MR) is 128 cm³/mol. The molecule has 0 radical (unpaired) electrons. The first-order valence-corrected chi connectivity index (χ1v) is 13.7. The van der Waals surface area contributed by atoms with Gasteiger partial charge in [0.2, 0.25) is 0 Å². The molecule has 31 heavy (non-hydrogen) atoms. The second-order valence-corrected chi connectivity index (χ2v) is 13.0. The van der Waals surface area contributed by atoms with Gasteiger partial charge < -0.3 is 0 Å². The lowest BCUT2D eigenvalue weighted by Gasteiger charge is -2.59. The third kappa shape index (κ3) is 3.86. The zero-order valence-corrected chi connectivity index (χ0v) is 21.2. The molecule has 9 atom stereocenters. The number of fused-ring (bicyclic) bond motifs is 5. The van der Waals surface area contributed by atoms with Crippen LogP contribution in [0.15, 0.2) is 0 Å². The van der Waals surface area contributed by atoms with Crippen LogP contribution < -0.4 is 0 Å². The van der Waals surface area contributed by atoms with Crippen LogP contribution in [0, 0.1) is 58.2 Å². The van der Waals surface area contributed by atoms with E-state index in [9.17, 15) is 9.59 Å². The van der Waals surface area contributed by atoms with Crippen molar-refractivity contribution >= 4 is 11.6 Å². The molecule has 4 saturated carbocycles. The average Bonchev–Trinajstić information content (AvgIpc) is 3.07. The van der Waals surface area contributed by atoms with Crippen molar-refractivity contribution in [1.82, 2.24) is 0 Å². The number of hydrogen-bond donors (Lipinski definition) is 0. The van der Waals surface area contributed by atoms with Crippen molar-refractivity contribution in [2.24, 2.45) is 58.2 Å². The number of hydrogen-bond acceptors (Lipinski definition) is 2. The zero-order chi connectivity index (χ0) is 22.6. The Morgan fingerprint density at radius 2 is 1.61 bits per heavy atom. The molecule has 0 aromatic rings. The summed E-state index contributed by atoms with van der Waals surface area (Å²) in [6.45, 7) is 14.7. The summed E-state index contributed by atoms with van der Waals surface area (Å²) >= 11 is 0. The second-order valence-electron chi connectivity index (χ2n) is 13.0. The summed E-state index contributed by atoms with van der Waals surface area (Å²) in [5.74, 6) is 6.05. The molecule has 176 valence electrons. The summed E-state index contributed by atoms with van der Waals surface area (Å²) in [4.78, 5) is 25.4. The fraction of sp³-hybridized carbons (Fsp3) is 0.931. The molecule has 0 N–H and O–H groups in total. The van der Waals surface area contributed by atoms with Crippen molar-refractivity contribution in [3.63, 3.8) is 0 Å². The largest absolute Gasteiger partial charge is 0.300 e. The first-order valence-electron chi connectivity index (χ1n) is 13.7. The third-order valence-electron chi connectivity index (χ3n) is 11.5. The molecule has 0 heterocycles. The fourth-order valence-corrected chi connectivity index (χ4v) is 9.50. The lowest BCUT2D eigenvalue weighted by Crippen LogP contribution is -2.56. The summed E-state index contributed by atoms with van der Waals surface area (Å²) in [5.41, 5.74) is 0.513. The lowest BCUT2D eigenvalue weighted by molar-refractivity contribution is -0.159. The Labute approximate surface area is 191 Å². The van der Waals surface area contributed by atoms with Crippen molar-refractivity contribution < 1.29 is 9.59 Å². The van der Waals surface area contributed by atoms with Gasteiger partial charge in [-0.1, -0.05) is 54.4 Å². The van der Waals surface area contributed by atoms with Crippen molar-refractivity contribution in [2.75, 3.05) is 0 Å². The summed E-state index contributed by atoms with van der Waals surface area (Å²) in [5, 5.41) is 0. The maximum atomic E-state index is 13.3. The molecule has 3 unspecified atom stereocenters. The van der Waals surface area contributed by atoms with E-state index in [1.807, 2.05) is 0 Å². The minimum atomic E-state index is 0.0255. The van der Waals surface area contributed by atoms with Crippen LogP contribution in [0.2, 0.25) is 0 Å². The molecular weight excluding hydrogens is 380 g/mol.